The minimum Gasteiger partial charge on any atom is -0.444 e. The van der Waals surface area contributed by atoms with E-state index in [4.69, 9.17) is 4.74 Å². The van der Waals surface area contributed by atoms with Crippen molar-refractivity contribution in [3.05, 3.63) is 30.9 Å². The number of amides is 1. The third-order valence-corrected chi connectivity index (χ3v) is 2.25. The molecule has 1 aromatic heterocycles. The van der Waals surface area contributed by atoms with E-state index in [1.54, 1.807) is 18.6 Å². The second-order valence-corrected chi connectivity index (χ2v) is 5.13. The summed E-state index contributed by atoms with van der Waals surface area (Å²) in [5.74, 6) is 0. The Balaban J connectivity index is 2.64. The molecule has 1 aromatic rings. The molecule has 0 aliphatic rings. The first-order valence-electron chi connectivity index (χ1n) is 5.94. The van der Waals surface area contributed by atoms with Crippen LogP contribution in [0.1, 0.15) is 39.4 Å². The highest BCUT2D eigenvalue weighted by Gasteiger charge is 2.19. The van der Waals surface area contributed by atoms with Crippen molar-refractivity contribution < 1.29 is 9.53 Å². The molecule has 1 rings (SSSR count). The fourth-order valence-electron chi connectivity index (χ4n) is 1.54. The molecule has 0 unspecified atom stereocenters. The summed E-state index contributed by atoms with van der Waals surface area (Å²) in [7, 11) is 0. The van der Waals surface area contributed by atoms with Gasteiger partial charge < -0.3 is 14.6 Å². The van der Waals surface area contributed by atoms with Gasteiger partial charge in [-0.1, -0.05) is 6.08 Å². The number of carbonyl (C=O) groups is 1. The van der Waals surface area contributed by atoms with E-state index >= 15 is 0 Å². The Morgan fingerprint density at radius 2 is 2.33 bits per heavy atom. The molecule has 0 aromatic carbocycles. The number of hydrogen-bond acceptors (Lipinski definition) is 3. The van der Waals surface area contributed by atoms with Crippen LogP contribution in [0.3, 0.4) is 0 Å². The molecule has 0 saturated carbocycles. The van der Waals surface area contributed by atoms with Gasteiger partial charge in [-0.15, -0.1) is 6.58 Å². The molecule has 1 atom stereocenters. The van der Waals surface area contributed by atoms with Crippen LogP contribution in [0.5, 0.6) is 0 Å². The van der Waals surface area contributed by atoms with E-state index in [-0.39, 0.29) is 6.04 Å². The van der Waals surface area contributed by atoms with Crippen molar-refractivity contribution in [2.75, 3.05) is 0 Å². The molecule has 5 nitrogen and oxygen atoms in total. The molecule has 5 heteroatoms. The van der Waals surface area contributed by atoms with Gasteiger partial charge in [-0.25, -0.2) is 9.78 Å². The van der Waals surface area contributed by atoms with Gasteiger partial charge in [0.2, 0.25) is 0 Å². The molecule has 0 radical (unpaired) electrons. The molecule has 0 aliphatic carbocycles. The third kappa shape index (κ3) is 4.24. The number of allylic oxidation sites excluding steroid dienone is 1. The van der Waals surface area contributed by atoms with E-state index in [2.05, 4.69) is 16.9 Å². The van der Waals surface area contributed by atoms with Gasteiger partial charge in [-0.2, -0.15) is 0 Å². The Morgan fingerprint density at radius 3 is 2.89 bits per heavy atom. The Kier molecular flexibility index (Phi) is 4.53. The Morgan fingerprint density at radius 1 is 1.67 bits per heavy atom. The molecule has 1 N–H and O–H groups in total. The van der Waals surface area contributed by atoms with Crippen molar-refractivity contribution in [2.24, 2.45) is 0 Å². The number of alkyl carbamates (subject to hydrolysis) is 1. The lowest BCUT2D eigenvalue weighted by atomic mass is 10.2. The summed E-state index contributed by atoms with van der Waals surface area (Å²) in [5.41, 5.74) is 0.422. The van der Waals surface area contributed by atoms with E-state index < -0.39 is 11.7 Å². The monoisotopic (exact) mass is 251 g/mol. The number of hydrogen-bond donors (Lipinski definition) is 1. The second kappa shape index (κ2) is 5.71. The summed E-state index contributed by atoms with van der Waals surface area (Å²) < 4.78 is 7.13. The van der Waals surface area contributed by atoms with Crippen molar-refractivity contribution in [1.29, 1.82) is 0 Å². The Hall–Kier alpha value is -1.78. The lowest BCUT2D eigenvalue weighted by Gasteiger charge is -2.22. The lowest BCUT2D eigenvalue weighted by Crippen LogP contribution is -2.34. The van der Waals surface area contributed by atoms with Crippen molar-refractivity contribution in [2.45, 2.75) is 45.9 Å². The highest BCUT2D eigenvalue weighted by Crippen LogP contribution is 2.13. The van der Waals surface area contributed by atoms with Crippen LogP contribution in [0.25, 0.3) is 0 Å². The molecule has 1 heterocycles. The fraction of sp³-hybridized carbons (Fsp3) is 0.538. The first kappa shape index (κ1) is 14.3. The number of rotatable bonds is 4. The molecule has 0 spiro atoms. The molecule has 0 aliphatic heterocycles. The van der Waals surface area contributed by atoms with Crippen molar-refractivity contribution in [1.82, 2.24) is 14.9 Å². The van der Waals surface area contributed by atoms with Crippen LogP contribution in [0.2, 0.25) is 0 Å². The van der Waals surface area contributed by atoms with Crippen LogP contribution < -0.4 is 5.32 Å². The molecule has 0 bridgehead atoms. The van der Waals surface area contributed by atoms with Crippen LogP contribution in [-0.4, -0.2) is 21.2 Å². The SMILES string of the molecule is C=CCn1cncc1[C@H](C)NC(=O)OC(C)(C)C. The maximum atomic E-state index is 11.7. The molecule has 0 fully saturated rings. The van der Waals surface area contributed by atoms with E-state index in [0.717, 1.165) is 5.69 Å². The zero-order valence-corrected chi connectivity index (χ0v) is 11.4. The minimum atomic E-state index is -0.495. The smallest absolute Gasteiger partial charge is 0.408 e. The molecule has 18 heavy (non-hydrogen) atoms. The fourth-order valence-corrected chi connectivity index (χ4v) is 1.54. The van der Waals surface area contributed by atoms with Crippen molar-refractivity contribution in [3.63, 3.8) is 0 Å². The normalized spacial score (nSPS) is 12.9. The summed E-state index contributed by atoms with van der Waals surface area (Å²) in [5, 5.41) is 2.78. The third-order valence-electron chi connectivity index (χ3n) is 2.25. The summed E-state index contributed by atoms with van der Waals surface area (Å²) in [6.45, 7) is 11.7. The van der Waals surface area contributed by atoms with Crippen LogP contribution in [0.15, 0.2) is 25.2 Å². The van der Waals surface area contributed by atoms with Crippen molar-refractivity contribution in [3.8, 4) is 0 Å². The maximum absolute atomic E-state index is 11.7. The zero-order valence-electron chi connectivity index (χ0n) is 11.4. The second-order valence-electron chi connectivity index (χ2n) is 5.13. The Bertz CT molecular complexity index is 418. The topological polar surface area (TPSA) is 56.2 Å². The average molecular weight is 251 g/mol. The number of nitrogens with one attached hydrogen (secondary N) is 1. The maximum Gasteiger partial charge on any atom is 0.408 e. The summed E-state index contributed by atoms with van der Waals surface area (Å²) in [4.78, 5) is 15.7. The molecule has 1 amide bonds. The molecular weight excluding hydrogens is 230 g/mol. The van der Waals surface area contributed by atoms with Gasteiger partial charge in [0.05, 0.1) is 24.3 Å². The summed E-state index contributed by atoms with van der Waals surface area (Å²) in [6.07, 6.45) is 4.79. The predicted molar refractivity (Wildman–Crippen MR) is 70.2 cm³/mol. The molecular formula is C13H21N3O2. The van der Waals surface area contributed by atoms with E-state index in [1.165, 1.54) is 0 Å². The molecule has 100 valence electrons. The van der Waals surface area contributed by atoms with Crippen LogP contribution in [0.4, 0.5) is 4.79 Å². The quantitative estimate of drug-likeness (QED) is 0.837. The van der Waals surface area contributed by atoms with Crippen LogP contribution in [-0.2, 0) is 11.3 Å². The van der Waals surface area contributed by atoms with E-state index in [1.807, 2.05) is 32.3 Å². The number of imidazole rings is 1. The first-order valence-corrected chi connectivity index (χ1v) is 5.94. The van der Waals surface area contributed by atoms with Gasteiger partial charge >= 0.3 is 6.09 Å². The van der Waals surface area contributed by atoms with Crippen molar-refractivity contribution >= 4 is 6.09 Å². The lowest BCUT2D eigenvalue weighted by molar-refractivity contribution is 0.0506. The first-order chi connectivity index (χ1) is 8.33. The van der Waals surface area contributed by atoms with Gasteiger partial charge in [-0.3, -0.25) is 0 Å². The molecule has 0 saturated heterocycles. The van der Waals surface area contributed by atoms with Gasteiger partial charge in [0.25, 0.3) is 0 Å². The van der Waals surface area contributed by atoms with Gasteiger partial charge in [0.1, 0.15) is 5.60 Å². The largest absolute Gasteiger partial charge is 0.444 e. The van der Waals surface area contributed by atoms with Gasteiger partial charge in [0, 0.05) is 6.54 Å². The standard InChI is InChI=1S/C13H21N3O2/c1-6-7-16-9-14-8-11(16)10(2)15-12(17)18-13(3,4)5/h6,8-10H,1,7H2,2-5H3,(H,15,17)/t10-/m0/s1. The zero-order chi connectivity index (χ0) is 13.8. The van der Waals surface area contributed by atoms with Gasteiger partial charge in [-0.05, 0) is 27.7 Å². The minimum absolute atomic E-state index is 0.165. The van der Waals surface area contributed by atoms with Gasteiger partial charge in [0.15, 0.2) is 0 Å². The Labute approximate surface area is 108 Å². The highest BCUT2D eigenvalue weighted by atomic mass is 16.6. The van der Waals surface area contributed by atoms with Crippen LogP contribution >= 0.6 is 0 Å². The van der Waals surface area contributed by atoms with E-state index in [9.17, 15) is 4.79 Å². The number of nitrogens with zero attached hydrogens (tertiary/aromatic N) is 2. The summed E-state index contributed by atoms with van der Waals surface area (Å²) in [6, 6.07) is -0.165. The highest BCUT2D eigenvalue weighted by molar-refractivity contribution is 5.68. The summed E-state index contributed by atoms with van der Waals surface area (Å²) >= 11 is 0. The van der Waals surface area contributed by atoms with E-state index in [0.29, 0.717) is 6.54 Å². The number of carbonyl (C=O) groups excluding carboxylic acids is 1. The average Bonchev–Trinajstić information content (AvgIpc) is 2.63. The number of ether oxygens (including phenoxy) is 1. The van der Waals surface area contributed by atoms with Crippen LogP contribution in [0, 0.1) is 0 Å². The number of aromatic nitrogens is 2. The predicted octanol–water partition coefficient (Wildman–Crippen LogP) is 2.65.